The minimum Gasteiger partial charge on any atom is -0.464 e. The molecule has 6 heteroatoms. The first kappa shape index (κ1) is 14.9. The monoisotopic (exact) mass is 233 g/mol. The number of carbonyl (C=O) groups excluding carboxylic acids is 1. The summed E-state index contributed by atoms with van der Waals surface area (Å²) in [5, 5.41) is 3.60. The SMILES string of the molecule is CCOC(C)(OCC)/C(=N/OC)C(=O)OC. The quantitative estimate of drug-likeness (QED) is 0.283. The van der Waals surface area contributed by atoms with Crippen LogP contribution in [0, 0.1) is 0 Å². The van der Waals surface area contributed by atoms with Crippen LogP contribution in [-0.4, -0.2) is 44.9 Å². The molecule has 0 saturated carbocycles. The second-order valence-corrected chi connectivity index (χ2v) is 2.93. The Bertz CT molecular complexity index is 246. The van der Waals surface area contributed by atoms with E-state index in [0.717, 1.165) is 0 Å². The van der Waals surface area contributed by atoms with Crippen molar-refractivity contribution in [3.63, 3.8) is 0 Å². The molecule has 0 amide bonds. The lowest BCUT2D eigenvalue weighted by Crippen LogP contribution is -2.46. The third-order valence-corrected chi connectivity index (χ3v) is 1.83. The zero-order chi connectivity index (χ0) is 12.6. The Hall–Kier alpha value is -1.14. The van der Waals surface area contributed by atoms with Gasteiger partial charge in [-0.2, -0.15) is 0 Å². The summed E-state index contributed by atoms with van der Waals surface area (Å²) in [6.07, 6.45) is 0. The summed E-state index contributed by atoms with van der Waals surface area (Å²) in [4.78, 5) is 16.1. The highest BCUT2D eigenvalue weighted by Crippen LogP contribution is 2.16. The average Bonchev–Trinajstić information content (AvgIpc) is 2.25. The summed E-state index contributed by atoms with van der Waals surface area (Å²) in [7, 11) is 2.59. The molecule has 0 radical (unpaired) electrons. The Kier molecular flexibility index (Phi) is 6.67. The van der Waals surface area contributed by atoms with Crippen LogP contribution in [0.4, 0.5) is 0 Å². The van der Waals surface area contributed by atoms with Crippen molar-refractivity contribution >= 4 is 11.7 Å². The fraction of sp³-hybridized carbons (Fsp3) is 0.800. The van der Waals surface area contributed by atoms with Crippen LogP contribution >= 0.6 is 0 Å². The van der Waals surface area contributed by atoms with Gasteiger partial charge in [0.1, 0.15) is 7.11 Å². The molecule has 0 spiro atoms. The predicted octanol–water partition coefficient (Wildman–Crippen LogP) is 0.951. The fourth-order valence-electron chi connectivity index (χ4n) is 1.22. The number of rotatable bonds is 7. The number of hydrogen-bond donors (Lipinski definition) is 0. The summed E-state index contributed by atoms with van der Waals surface area (Å²) >= 11 is 0. The topological polar surface area (TPSA) is 66.3 Å². The van der Waals surface area contributed by atoms with Gasteiger partial charge in [-0.1, -0.05) is 5.16 Å². The molecule has 6 nitrogen and oxygen atoms in total. The molecule has 94 valence electrons. The summed E-state index contributed by atoms with van der Waals surface area (Å²) < 4.78 is 15.3. The number of carbonyl (C=O) groups is 1. The van der Waals surface area contributed by atoms with Crippen LogP contribution in [0.3, 0.4) is 0 Å². The molecule has 0 atom stereocenters. The standard InChI is InChI=1S/C10H19NO5/c1-6-15-10(3,16-7-2)8(11-14-5)9(12)13-4/h6-7H2,1-5H3/b11-8+. The van der Waals surface area contributed by atoms with Crippen molar-refractivity contribution in [2.75, 3.05) is 27.4 Å². The third kappa shape index (κ3) is 3.79. The molecule has 0 heterocycles. The van der Waals surface area contributed by atoms with E-state index in [-0.39, 0.29) is 5.71 Å². The second-order valence-electron chi connectivity index (χ2n) is 2.93. The van der Waals surface area contributed by atoms with Crippen LogP contribution in [0.25, 0.3) is 0 Å². The van der Waals surface area contributed by atoms with Crippen molar-refractivity contribution < 1.29 is 23.8 Å². The lowest BCUT2D eigenvalue weighted by molar-refractivity contribution is -0.177. The largest absolute Gasteiger partial charge is 0.464 e. The average molecular weight is 233 g/mol. The van der Waals surface area contributed by atoms with Gasteiger partial charge in [0.25, 0.3) is 0 Å². The molecule has 0 fully saturated rings. The van der Waals surface area contributed by atoms with Gasteiger partial charge in [0.2, 0.25) is 11.5 Å². The highest BCUT2D eigenvalue weighted by atomic mass is 16.7. The number of hydrogen-bond acceptors (Lipinski definition) is 6. The Labute approximate surface area is 95.5 Å². The molecule has 0 aliphatic carbocycles. The first-order valence-corrected chi connectivity index (χ1v) is 5.03. The van der Waals surface area contributed by atoms with Crippen molar-refractivity contribution in [2.24, 2.45) is 5.16 Å². The van der Waals surface area contributed by atoms with E-state index < -0.39 is 11.8 Å². The van der Waals surface area contributed by atoms with E-state index in [9.17, 15) is 4.79 Å². The number of oxime groups is 1. The maximum Gasteiger partial charge on any atom is 0.361 e. The molecule has 0 unspecified atom stereocenters. The molecular weight excluding hydrogens is 214 g/mol. The predicted molar refractivity (Wildman–Crippen MR) is 58.1 cm³/mol. The van der Waals surface area contributed by atoms with Gasteiger partial charge < -0.3 is 19.0 Å². The van der Waals surface area contributed by atoms with E-state index in [1.54, 1.807) is 20.8 Å². The van der Waals surface area contributed by atoms with Gasteiger partial charge >= 0.3 is 5.97 Å². The molecule has 0 N–H and O–H groups in total. The first-order chi connectivity index (χ1) is 7.55. The molecule has 0 aliphatic heterocycles. The molecule has 0 rings (SSSR count). The van der Waals surface area contributed by atoms with Crippen molar-refractivity contribution in [3.05, 3.63) is 0 Å². The number of methoxy groups -OCH3 is 1. The van der Waals surface area contributed by atoms with Crippen molar-refractivity contribution in [1.82, 2.24) is 0 Å². The number of esters is 1. The van der Waals surface area contributed by atoms with Crippen LogP contribution in [0.15, 0.2) is 5.16 Å². The molecule has 16 heavy (non-hydrogen) atoms. The normalized spacial score (nSPS) is 12.4. The van der Waals surface area contributed by atoms with Gasteiger partial charge in [0, 0.05) is 13.2 Å². The van der Waals surface area contributed by atoms with Gasteiger partial charge in [-0.25, -0.2) is 4.79 Å². The Morgan fingerprint density at radius 1 is 1.19 bits per heavy atom. The third-order valence-electron chi connectivity index (χ3n) is 1.83. The summed E-state index contributed by atoms with van der Waals surface area (Å²) in [6, 6.07) is 0. The zero-order valence-corrected chi connectivity index (χ0v) is 10.4. The van der Waals surface area contributed by atoms with E-state index in [4.69, 9.17) is 9.47 Å². The van der Waals surface area contributed by atoms with Crippen molar-refractivity contribution in [1.29, 1.82) is 0 Å². The molecule has 0 saturated heterocycles. The fourth-order valence-corrected chi connectivity index (χ4v) is 1.22. The van der Waals surface area contributed by atoms with Crippen LogP contribution < -0.4 is 0 Å². The maximum absolute atomic E-state index is 11.5. The Morgan fingerprint density at radius 2 is 1.69 bits per heavy atom. The van der Waals surface area contributed by atoms with Crippen LogP contribution in [0.5, 0.6) is 0 Å². The van der Waals surface area contributed by atoms with Gasteiger partial charge in [-0.05, 0) is 20.8 Å². The van der Waals surface area contributed by atoms with Crippen LogP contribution in [-0.2, 0) is 23.8 Å². The Morgan fingerprint density at radius 3 is 2.00 bits per heavy atom. The second kappa shape index (κ2) is 7.19. The number of nitrogens with zero attached hydrogens (tertiary/aromatic N) is 1. The van der Waals surface area contributed by atoms with Crippen LogP contribution in [0.1, 0.15) is 20.8 Å². The summed E-state index contributed by atoms with van der Waals surface area (Å²) in [5.41, 5.74) is -0.0544. The lowest BCUT2D eigenvalue weighted by atomic mass is 10.2. The van der Waals surface area contributed by atoms with E-state index in [1.165, 1.54) is 14.2 Å². The maximum atomic E-state index is 11.5. The molecule has 0 aliphatic rings. The highest BCUT2D eigenvalue weighted by molar-refractivity contribution is 6.39. The van der Waals surface area contributed by atoms with Gasteiger partial charge in [0.15, 0.2) is 0 Å². The Balaban J connectivity index is 5.09. The molecule has 0 aromatic carbocycles. The molecule has 0 aromatic heterocycles. The van der Waals surface area contributed by atoms with Crippen molar-refractivity contribution in [2.45, 2.75) is 26.6 Å². The van der Waals surface area contributed by atoms with Gasteiger partial charge in [-0.3, -0.25) is 0 Å². The number of ether oxygens (including phenoxy) is 3. The first-order valence-electron chi connectivity index (χ1n) is 5.03. The van der Waals surface area contributed by atoms with Crippen LogP contribution in [0.2, 0.25) is 0 Å². The lowest BCUT2D eigenvalue weighted by Gasteiger charge is -2.28. The smallest absolute Gasteiger partial charge is 0.361 e. The minimum atomic E-state index is -1.26. The van der Waals surface area contributed by atoms with E-state index in [2.05, 4.69) is 14.7 Å². The van der Waals surface area contributed by atoms with E-state index in [0.29, 0.717) is 13.2 Å². The van der Waals surface area contributed by atoms with Gasteiger partial charge in [0.05, 0.1) is 7.11 Å². The summed E-state index contributed by atoms with van der Waals surface area (Å²) in [6.45, 7) is 5.92. The summed E-state index contributed by atoms with van der Waals surface area (Å²) in [5.74, 6) is -1.90. The van der Waals surface area contributed by atoms with Crippen molar-refractivity contribution in [3.8, 4) is 0 Å². The molecular formula is C10H19NO5. The van der Waals surface area contributed by atoms with E-state index >= 15 is 0 Å². The van der Waals surface area contributed by atoms with Gasteiger partial charge in [-0.15, -0.1) is 0 Å². The molecule has 0 bridgehead atoms. The zero-order valence-electron chi connectivity index (χ0n) is 10.4. The highest BCUT2D eigenvalue weighted by Gasteiger charge is 2.39. The van der Waals surface area contributed by atoms with E-state index in [1.807, 2.05) is 0 Å². The minimum absolute atomic E-state index is 0.0544. The molecule has 0 aromatic rings.